The molecular weight excluding hydrogens is 244 g/mol. The minimum atomic E-state index is -0.503. The number of carbonyl (C=O) groups excluding carboxylic acids is 2. The molecule has 0 radical (unpaired) electrons. The van der Waals surface area contributed by atoms with Crippen molar-refractivity contribution < 1.29 is 14.3 Å². The van der Waals surface area contributed by atoms with Crippen LogP contribution in [0.15, 0.2) is 30.3 Å². The van der Waals surface area contributed by atoms with Crippen molar-refractivity contribution in [1.29, 1.82) is 0 Å². The SMILES string of the molecule is O=C1NCC2C(Cc3ccccc3)OCCN2C1=O. The Balaban J connectivity index is 1.75. The van der Waals surface area contributed by atoms with E-state index in [1.165, 1.54) is 5.56 Å². The van der Waals surface area contributed by atoms with Crippen LogP contribution in [-0.2, 0) is 20.7 Å². The van der Waals surface area contributed by atoms with Crippen LogP contribution in [0, 0.1) is 0 Å². The Labute approximate surface area is 111 Å². The van der Waals surface area contributed by atoms with Crippen molar-refractivity contribution in [2.24, 2.45) is 0 Å². The Morgan fingerprint density at radius 2 is 2.05 bits per heavy atom. The maximum absolute atomic E-state index is 11.8. The molecule has 0 bridgehead atoms. The molecule has 5 heteroatoms. The van der Waals surface area contributed by atoms with Crippen LogP contribution in [0.25, 0.3) is 0 Å². The van der Waals surface area contributed by atoms with E-state index in [4.69, 9.17) is 4.74 Å². The van der Waals surface area contributed by atoms with Crippen LogP contribution >= 0.6 is 0 Å². The fourth-order valence-electron chi connectivity index (χ4n) is 2.72. The van der Waals surface area contributed by atoms with Crippen LogP contribution in [0.3, 0.4) is 0 Å². The third-order valence-corrected chi connectivity index (χ3v) is 3.70. The average molecular weight is 260 g/mol. The summed E-state index contributed by atoms with van der Waals surface area (Å²) in [5, 5.41) is 2.64. The molecule has 19 heavy (non-hydrogen) atoms. The number of ether oxygens (including phenoxy) is 1. The van der Waals surface area contributed by atoms with Gasteiger partial charge in [-0.15, -0.1) is 0 Å². The van der Waals surface area contributed by atoms with Crippen LogP contribution in [0.2, 0.25) is 0 Å². The molecule has 2 aliphatic rings. The van der Waals surface area contributed by atoms with Crippen LogP contribution < -0.4 is 5.32 Å². The van der Waals surface area contributed by atoms with Gasteiger partial charge in [0.15, 0.2) is 0 Å². The van der Waals surface area contributed by atoms with Gasteiger partial charge >= 0.3 is 11.8 Å². The topological polar surface area (TPSA) is 58.6 Å². The maximum Gasteiger partial charge on any atom is 0.312 e. The van der Waals surface area contributed by atoms with E-state index in [0.717, 1.165) is 6.42 Å². The summed E-state index contributed by atoms with van der Waals surface area (Å²) in [7, 11) is 0. The van der Waals surface area contributed by atoms with Crippen molar-refractivity contribution in [3.05, 3.63) is 35.9 Å². The monoisotopic (exact) mass is 260 g/mol. The van der Waals surface area contributed by atoms with Crippen LogP contribution in [0.4, 0.5) is 0 Å². The van der Waals surface area contributed by atoms with E-state index >= 15 is 0 Å². The predicted octanol–water partition coefficient (Wildman–Crippen LogP) is -0.0451. The fraction of sp³-hybridized carbons (Fsp3) is 0.429. The molecule has 0 aliphatic carbocycles. The third kappa shape index (κ3) is 2.33. The Morgan fingerprint density at radius 1 is 1.26 bits per heavy atom. The highest BCUT2D eigenvalue weighted by Gasteiger charge is 2.41. The fourth-order valence-corrected chi connectivity index (χ4v) is 2.72. The largest absolute Gasteiger partial charge is 0.374 e. The molecule has 2 fully saturated rings. The Morgan fingerprint density at radius 3 is 2.84 bits per heavy atom. The highest BCUT2D eigenvalue weighted by Crippen LogP contribution is 2.20. The second-order valence-electron chi connectivity index (χ2n) is 4.87. The minimum absolute atomic E-state index is 0.0549. The summed E-state index contributed by atoms with van der Waals surface area (Å²) in [5.74, 6) is -0.936. The maximum atomic E-state index is 11.8. The van der Waals surface area contributed by atoms with E-state index in [9.17, 15) is 9.59 Å². The first kappa shape index (κ1) is 12.2. The number of nitrogens with one attached hydrogen (secondary N) is 1. The number of amides is 2. The number of benzene rings is 1. The zero-order chi connectivity index (χ0) is 13.2. The lowest BCUT2D eigenvalue weighted by Gasteiger charge is -2.43. The van der Waals surface area contributed by atoms with Crippen molar-refractivity contribution in [2.75, 3.05) is 19.7 Å². The molecule has 2 aliphatic heterocycles. The number of carbonyl (C=O) groups is 2. The summed E-state index contributed by atoms with van der Waals surface area (Å²) in [5.41, 5.74) is 1.18. The second-order valence-corrected chi connectivity index (χ2v) is 4.87. The first-order chi connectivity index (χ1) is 9.25. The molecular formula is C14H16N2O3. The molecule has 2 saturated heterocycles. The van der Waals surface area contributed by atoms with Crippen LogP contribution in [0.1, 0.15) is 5.56 Å². The van der Waals surface area contributed by atoms with Gasteiger partial charge in [-0.2, -0.15) is 0 Å². The number of piperazine rings is 1. The average Bonchev–Trinajstić information content (AvgIpc) is 2.45. The molecule has 2 heterocycles. The summed E-state index contributed by atoms with van der Waals surface area (Å²) >= 11 is 0. The molecule has 1 aromatic rings. The quantitative estimate of drug-likeness (QED) is 0.759. The molecule has 1 N–H and O–H groups in total. The lowest BCUT2D eigenvalue weighted by molar-refractivity contribution is -0.160. The normalized spacial score (nSPS) is 26.8. The summed E-state index contributed by atoms with van der Waals surface area (Å²) in [6, 6.07) is 9.99. The molecule has 0 saturated carbocycles. The highest BCUT2D eigenvalue weighted by molar-refractivity contribution is 6.35. The van der Waals surface area contributed by atoms with Gasteiger partial charge in [0.2, 0.25) is 0 Å². The van der Waals surface area contributed by atoms with Crippen molar-refractivity contribution in [1.82, 2.24) is 10.2 Å². The Hall–Kier alpha value is -1.88. The van der Waals surface area contributed by atoms with E-state index in [1.807, 2.05) is 30.3 Å². The predicted molar refractivity (Wildman–Crippen MR) is 68.4 cm³/mol. The summed E-state index contributed by atoms with van der Waals surface area (Å²) in [4.78, 5) is 24.8. The summed E-state index contributed by atoms with van der Waals surface area (Å²) in [6.45, 7) is 1.47. The van der Waals surface area contributed by atoms with Gasteiger partial charge in [0, 0.05) is 19.5 Å². The number of fused-ring (bicyclic) bond motifs is 1. The van der Waals surface area contributed by atoms with Gasteiger partial charge in [-0.25, -0.2) is 0 Å². The molecule has 0 aromatic heterocycles. The van der Waals surface area contributed by atoms with E-state index in [1.54, 1.807) is 4.90 Å². The zero-order valence-electron chi connectivity index (χ0n) is 10.5. The van der Waals surface area contributed by atoms with Gasteiger partial charge in [0.05, 0.1) is 18.8 Å². The van der Waals surface area contributed by atoms with Gasteiger partial charge in [0.25, 0.3) is 0 Å². The van der Waals surface area contributed by atoms with Crippen molar-refractivity contribution in [3.63, 3.8) is 0 Å². The van der Waals surface area contributed by atoms with E-state index in [2.05, 4.69) is 5.32 Å². The Kier molecular flexibility index (Phi) is 3.21. The zero-order valence-corrected chi connectivity index (χ0v) is 10.5. The number of hydrogen-bond donors (Lipinski definition) is 1. The molecule has 2 amide bonds. The standard InChI is InChI=1S/C14H16N2O3/c17-13-14(18)16-6-7-19-12(11(16)9-15-13)8-10-4-2-1-3-5-10/h1-5,11-12H,6-9H2,(H,15,17). The van der Waals surface area contributed by atoms with E-state index in [0.29, 0.717) is 19.7 Å². The second kappa shape index (κ2) is 5.01. The number of hydrogen-bond acceptors (Lipinski definition) is 3. The lowest BCUT2D eigenvalue weighted by atomic mass is 9.97. The van der Waals surface area contributed by atoms with Gasteiger partial charge < -0.3 is 15.0 Å². The molecule has 2 unspecified atom stereocenters. The van der Waals surface area contributed by atoms with Crippen molar-refractivity contribution in [3.8, 4) is 0 Å². The smallest absolute Gasteiger partial charge is 0.312 e. The highest BCUT2D eigenvalue weighted by atomic mass is 16.5. The molecule has 2 atom stereocenters. The van der Waals surface area contributed by atoms with Gasteiger partial charge in [0.1, 0.15) is 0 Å². The lowest BCUT2D eigenvalue weighted by Crippen LogP contribution is -2.65. The van der Waals surface area contributed by atoms with Crippen LogP contribution in [0.5, 0.6) is 0 Å². The molecule has 0 spiro atoms. The third-order valence-electron chi connectivity index (χ3n) is 3.70. The van der Waals surface area contributed by atoms with Gasteiger partial charge in [-0.1, -0.05) is 30.3 Å². The van der Waals surface area contributed by atoms with Crippen molar-refractivity contribution >= 4 is 11.8 Å². The van der Waals surface area contributed by atoms with Crippen LogP contribution in [-0.4, -0.2) is 48.6 Å². The number of rotatable bonds is 2. The molecule has 1 aromatic carbocycles. The number of nitrogens with zero attached hydrogens (tertiary/aromatic N) is 1. The van der Waals surface area contributed by atoms with Crippen molar-refractivity contribution in [2.45, 2.75) is 18.6 Å². The summed E-state index contributed by atoms with van der Waals surface area (Å²) < 4.78 is 5.79. The molecule has 100 valence electrons. The molecule has 5 nitrogen and oxygen atoms in total. The first-order valence-corrected chi connectivity index (χ1v) is 6.50. The minimum Gasteiger partial charge on any atom is -0.374 e. The molecule has 3 rings (SSSR count). The Bertz CT molecular complexity index is 489. The van der Waals surface area contributed by atoms with E-state index in [-0.39, 0.29) is 12.1 Å². The van der Waals surface area contributed by atoms with Gasteiger partial charge in [-0.05, 0) is 5.56 Å². The number of morpholine rings is 1. The van der Waals surface area contributed by atoms with E-state index < -0.39 is 11.8 Å². The summed E-state index contributed by atoms with van der Waals surface area (Å²) in [6.07, 6.45) is 0.700. The van der Waals surface area contributed by atoms with Gasteiger partial charge in [-0.3, -0.25) is 9.59 Å². The first-order valence-electron chi connectivity index (χ1n) is 6.50.